The Kier molecular flexibility index (Phi) is 4.37. The quantitative estimate of drug-likeness (QED) is 0.914. The van der Waals surface area contributed by atoms with Gasteiger partial charge in [0.2, 0.25) is 0 Å². The molecular weight excluding hydrogens is 246 g/mol. The zero-order valence-corrected chi connectivity index (χ0v) is 12.8. The van der Waals surface area contributed by atoms with E-state index in [-0.39, 0.29) is 0 Å². The molecule has 2 fully saturated rings. The number of hydrogen-bond donors (Lipinski definition) is 1. The van der Waals surface area contributed by atoms with Gasteiger partial charge in [0.15, 0.2) is 0 Å². The molecule has 1 aliphatic carbocycles. The third-order valence-corrected chi connectivity index (χ3v) is 4.78. The lowest BCUT2D eigenvalue weighted by Gasteiger charge is -2.33. The van der Waals surface area contributed by atoms with Gasteiger partial charge in [0.1, 0.15) is 0 Å². The summed E-state index contributed by atoms with van der Waals surface area (Å²) in [7, 11) is 2.28. The smallest absolute Gasteiger partial charge is 0.0400 e. The van der Waals surface area contributed by atoms with E-state index in [2.05, 4.69) is 47.5 Å². The van der Waals surface area contributed by atoms with Crippen LogP contribution in [-0.2, 0) is 0 Å². The molecule has 0 aromatic carbocycles. The van der Waals surface area contributed by atoms with Crippen molar-refractivity contribution in [1.29, 1.82) is 0 Å². The van der Waals surface area contributed by atoms with E-state index in [4.69, 9.17) is 0 Å². The molecule has 1 saturated carbocycles. The van der Waals surface area contributed by atoms with Gasteiger partial charge in [0.05, 0.1) is 0 Å². The van der Waals surface area contributed by atoms with Gasteiger partial charge >= 0.3 is 0 Å². The van der Waals surface area contributed by atoms with Crippen molar-refractivity contribution in [3.05, 3.63) is 29.6 Å². The second-order valence-electron chi connectivity index (χ2n) is 6.60. The fourth-order valence-corrected chi connectivity index (χ4v) is 3.42. The average Bonchev–Trinajstić information content (AvgIpc) is 3.26. The highest BCUT2D eigenvalue weighted by Crippen LogP contribution is 2.34. The van der Waals surface area contributed by atoms with Crippen molar-refractivity contribution < 1.29 is 0 Å². The van der Waals surface area contributed by atoms with E-state index in [1.165, 1.54) is 44.2 Å². The summed E-state index contributed by atoms with van der Waals surface area (Å²) in [5.41, 5.74) is 2.50. The second-order valence-corrected chi connectivity index (χ2v) is 6.60. The topological polar surface area (TPSA) is 28.2 Å². The molecule has 110 valence electrons. The number of pyridine rings is 1. The summed E-state index contributed by atoms with van der Waals surface area (Å²) >= 11 is 0. The maximum atomic E-state index is 4.51. The van der Waals surface area contributed by atoms with Crippen LogP contribution in [0.5, 0.6) is 0 Å². The van der Waals surface area contributed by atoms with Crippen molar-refractivity contribution in [3.8, 4) is 0 Å². The molecule has 3 rings (SSSR count). The van der Waals surface area contributed by atoms with Gasteiger partial charge in [-0.1, -0.05) is 12.5 Å². The summed E-state index contributed by atoms with van der Waals surface area (Å²) in [5, 5.41) is 3.74. The zero-order valence-electron chi connectivity index (χ0n) is 12.8. The molecule has 1 aliphatic heterocycles. The van der Waals surface area contributed by atoms with Crippen molar-refractivity contribution >= 4 is 0 Å². The van der Waals surface area contributed by atoms with Crippen molar-refractivity contribution in [2.45, 2.75) is 51.1 Å². The molecule has 1 aromatic rings. The van der Waals surface area contributed by atoms with Gasteiger partial charge in [-0.25, -0.2) is 0 Å². The monoisotopic (exact) mass is 273 g/mol. The van der Waals surface area contributed by atoms with Crippen molar-refractivity contribution in [3.63, 3.8) is 0 Å². The maximum absolute atomic E-state index is 4.51. The average molecular weight is 273 g/mol. The molecule has 20 heavy (non-hydrogen) atoms. The Morgan fingerprint density at radius 3 is 2.80 bits per heavy atom. The predicted octanol–water partition coefficient (Wildman–Crippen LogP) is 2.92. The molecule has 2 heterocycles. The molecule has 3 heteroatoms. The van der Waals surface area contributed by atoms with E-state index in [1.54, 1.807) is 0 Å². The molecule has 3 nitrogen and oxygen atoms in total. The summed E-state index contributed by atoms with van der Waals surface area (Å²) in [4.78, 5) is 7.05. The number of rotatable bonds is 4. The number of aryl methyl sites for hydroxylation is 1. The van der Waals surface area contributed by atoms with Gasteiger partial charge in [-0.15, -0.1) is 0 Å². The Bertz CT molecular complexity index is 424. The first kappa shape index (κ1) is 14.0. The fraction of sp³-hybridized carbons (Fsp3) is 0.706. The summed E-state index contributed by atoms with van der Waals surface area (Å²) in [6.45, 7) is 4.43. The van der Waals surface area contributed by atoms with Gasteiger partial charge in [0.25, 0.3) is 0 Å². The summed E-state index contributed by atoms with van der Waals surface area (Å²) in [6.07, 6.45) is 8.86. The number of nitrogens with one attached hydrogen (secondary N) is 1. The fourth-order valence-electron chi connectivity index (χ4n) is 3.42. The first-order valence-electron chi connectivity index (χ1n) is 8.10. The Morgan fingerprint density at radius 1 is 1.25 bits per heavy atom. The van der Waals surface area contributed by atoms with Crippen LogP contribution in [0.15, 0.2) is 18.3 Å². The predicted molar refractivity (Wildman–Crippen MR) is 82.7 cm³/mol. The van der Waals surface area contributed by atoms with Crippen LogP contribution in [0.2, 0.25) is 0 Å². The minimum Gasteiger partial charge on any atom is -0.314 e. The molecule has 1 saturated heterocycles. The molecular formula is C17H27N3. The van der Waals surface area contributed by atoms with Gasteiger partial charge < -0.3 is 5.32 Å². The van der Waals surface area contributed by atoms with E-state index in [9.17, 15) is 0 Å². The Balaban J connectivity index is 1.77. The Labute approximate surface area is 122 Å². The summed E-state index contributed by atoms with van der Waals surface area (Å²) in [5.74, 6) is 0.715. The molecule has 1 aromatic heterocycles. The molecule has 0 radical (unpaired) electrons. The first-order chi connectivity index (χ1) is 9.74. The van der Waals surface area contributed by atoms with Crippen LogP contribution in [0.4, 0.5) is 0 Å². The highest BCUT2D eigenvalue weighted by molar-refractivity contribution is 5.19. The standard InChI is InChI=1S/C17H27N3/c1-13-6-7-15(11-18-13)17-14(12-19-16-8-9-16)5-3-4-10-20(17)2/h6-7,11,14,16-17,19H,3-5,8-10,12H2,1-2H3. The first-order valence-corrected chi connectivity index (χ1v) is 8.10. The summed E-state index contributed by atoms with van der Waals surface area (Å²) < 4.78 is 0. The number of nitrogens with zero attached hydrogens (tertiary/aromatic N) is 2. The molecule has 2 unspecified atom stereocenters. The van der Waals surface area contributed by atoms with Crippen LogP contribution in [-0.4, -0.2) is 36.1 Å². The van der Waals surface area contributed by atoms with Crippen LogP contribution in [0.25, 0.3) is 0 Å². The minimum absolute atomic E-state index is 0.525. The number of hydrogen-bond acceptors (Lipinski definition) is 3. The second kappa shape index (κ2) is 6.23. The molecule has 0 amide bonds. The summed E-state index contributed by atoms with van der Waals surface area (Å²) in [6, 6.07) is 5.76. The molecule has 1 N–H and O–H groups in total. The number of likely N-dealkylation sites (tertiary alicyclic amines) is 1. The Morgan fingerprint density at radius 2 is 2.10 bits per heavy atom. The van der Waals surface area contributed by atoms with Crippen LogP contribution in [0.3, 0.4) is 0 Å². The highest BCUT2D eigenvalue weighted by atomic mass is 15.1. The Hall–Kier alpha value is -0.930. The SMILES string of the molecule is Cc1ccc(C2C(CNC3CC3)CCCCN2C)cn1. The maximum Gasteiger partial charge on any atom is 0.0400 e. The van der Waals surface area contributed by atoms with Gasteiger partial charge in [0, 0.05) is 30.5 Å². The van der Waals surface area contributed by atoms with E-state index < -0.39 is 0 Å². The highest BCUT2D eigenvalue weighted by Gasteiger charge is 2.30. The van der Waals surface area contributed by atoms with Crippen molar-refractivity contribution in [1.82, 2.24) is 15.2 Å². The lowest BCUT2D eigenvalue weighted by atomic mass is 9.90. The van der Waals surface area contributed by atoms with E-state index >= 15 is 0 Å². The molecule has 2 aliphatic rings. The largest absolute Gasteiger partial charge is 0.314 e. The normalized spacial score (nSPS) is 28.3. The van der Waals surface area contributed by atoms with Gasteiger partial charge in [-0.05, 0) is 63.7 Å². The molecule has 0 spiro atoms. The third-order valence-electron chi connectivity index (χ3n) is 4.78. The van der Waals surface area contributed by atoms with Crippen LogP contribution in [0, 0.1) is 12.8 Å². The minimum atomic E-state index is 0.525. The van der Waals surface area contributed by atoms with Gasteiger partial charge in [-0.2, -0.15) is 0 Å². The molecule has 2 atom stereocenters. The van der Waals surface area contributed by atoms with Crippen LogP contribution < -0.4 is 5.32 Å². The lowest BCUT2D eigenvalue weighted by molar-refractivity contribution is 0.188. The van der Waals surface area contributed by atoms with Crippen molar-refractivity contribution in [2.24, 2.45) is 5.92 Å². The van der Waals surface area contributed by atoms with E-state index in [0.29, 0.717) is 12.0 Å². The van der Waals surface area contributed by atoms with E-state index in [1.807, 2.05) is 0 Å². The van der Waals surface area contributed by atoms with Gasteiger partial charge in [-0.3, -0.25) is 9.88 Å². The van der Waals surface area contributed by atoms with Crippen LogP contribution >= 0.6 is 0 Å². The third kappa shape index (κ3) is 3.39. The lowest BCUT2D eigenvalue weighted by Crippen LogP contribution is -2.35. The van der Waals surface area contributed by atoms with Crippen molar-refractivity contribution in [2.75, 3.05) is 20.1 Å². The van der Waals surface area contributed by atoms with E-state index in [0.717, 1.165) is 18.3 Å². The number of aromatic nitrogens is 1. The van der Waals surface area contributed by atoms with Crippen LogP contribution in [0.1, 0.15) is 49.4 Å². The zero-order chi connectivity index (χ0) is 13.9. The molecule has 0 bridgehead atoms.